The molecule has 182 valence electrons. The zero-order valence-electron chi connectivity index (χ0n) is 18.5. The predicted molar refractivity (Wildman–Crippen MR) is 123 cm³/mol. The lowest BCUT2D eigenvalue weighted by molar-refractivity contribution is -0.222. The molecule has 0 aromatic heterocycles. The van der Waals surface area contributed by atoms with E-state index in [0.717, 1.165) is 15.6 Å². The van der Waals surface area contributed by atoms with Gasteiger partial charge >= 0.3 is 5.97 Å². The van der Waals surface area contributed by atoms with Gasteiger partial charge in [-0.2, -0.15) is 5.01 Å². The van der Waals surface area contributed by atoms with Gasteiger partial charge in [-0.3, -0.25) is 24.2 Å². The molecule has 0 spiro atoms. The number of hydrogen-bond acceptors (Lipinski definition) is 7. The monoisotopic (exact) mass is 482 g/mol. The number of β-lactam (4-membered cyclic amide) rings is 1. The van der Waals surface area contributed by atoms with Crippen LogP contribution in [0, 0.1) is 0 Å². The second-order valence-electron chi connectivity index (χ2n) is 7.46. The van der Waals surface area contributed by atoms with E-state index in [1.807, 2.05) is 30.3 Å². The molecule has 12 heteroatoms. The third-order valence-electron chi connectivity index (χ3n) is 4.80. The highest BCUT2D eigenvalue weighted by atomic mass is 35.5. The molecule has 2 atom stereocenters. The second-order valence-corrected chi connectivity index (χ2v) is 7.46. The van der Waals surface area contributed by atoms with Gasteiger partial charge in [-0.25, -0.2) is 5.01 Å². The van der Waals surface area contributed by atoms with E-state index in [1.165, 1.54) is 6.92 Å². The lowest BCUT2D eigenvalue weighted by atomic mass is 10.1. The number of amides is 3. The van der Waals surface area contributed by atoms with E-state index in [4.69, 9.17) is 21.9 Å². The normalized spacial score (nSPS) is 15.5. The fourth-order valence-electron chi connectivity index (χ4n) is 3.24. The Bertz CT molecular complexity index is 862. The highest BCUT2D eigenvalue weighted by Crippen LogP contribution is 2.25. The van der Waals surface area contributed by atoms with Crippen molar-refractivity contribution in [3.8, 4) is 0 Å². The van der Waals surface area contributed by atoms with Crippen LogP contribution in [0.25, 0.3) is 0 Å². The third kappa shape index (κ3) is 8.35. The van der Waals surface area contributed by atoms with Crippen LogP contribution in [0.5, 0.6) is 0 Å². The molecular formula is C21H31ClN6O5. The maximum absolute atomic E-state index is 13.1. The van der Waals surface area contributed by atoms with E-state index in [1.54, 1.807) is 0 Å². The minimum absolute atomic E-state index is 0. The van der Waals surface area contributed by atoms with E-state index in [-0.39, 0.29) is 37.6 Å². The Morgan fingerprint density at radius 2 is 1.85 bits per heavy atom. The van der Waals surface area contributed by atoms with Gasteiger partial charge in [-0.1, -0.05) is 36.8 Å². The number of hydrogen-bond donors (Lipinski definition) is 3. The van der Waals surface area contributed by atoms with Gasteiger partial charge in [0.15, 0.2) is 5.96 Å². The van der Waals surface area contributed by atoms with Gasteiger partial charge in [-0.15, -0.1) is 12.4 Å². The first-order valence-electron chi connectivity index (χ1n) is 10.4. The smallest absolute Gasteiger partial charge is 0.304 e. The molecule has 0 aliphatic carbocycles. The Labute approximate surface area is 198 Å². The van der Waals surface area contributed by atoms with E-state index < -0.39 is 36.0 Å². The Morgan fingerprint density at radius 1 is 1.18 bits per heavy atom. The first-order chi connectivity index (χ1) is 15.2. The number of carbonyl (C=O) groups excluding carboxylic acids is 4. The minimum atomic E-state index is -1.06. The number of rotatable bonds is 11. The van der Waals surface area contributed by atoms with Gasteiger partial charge in [0, 0.05) is 19.9 Å². The van der Waals surface area contributed by atoms with Crippen LogP contribution in [-0.2, 0) is 30.3 Å². The van der Waals surface area contributed by atoms with E-state index in [2.05, 4.69) is 4.99 Å². The average Bonchev–Trinajstić information content (AvgIpc) is 2.73. The zero-order valence-corrected chi connectivity index (χ0v) is 19.3. The molecule has 3 amide bonds. The van der Waals surface area contributed by atoms with E-state index in [9.17, 15) is 19.2 Å². The Kier molecular flexibility index (Phi) is 11.3. The Morgan fingerprint density at radius 3 is 2.42 bits per heavy atom. The van der Waals surface area contributed by atoms with Crippen molar-refractivity contribution in [2.75, 3.05) is 6.54 Å². The topological polar surface area (TPSA) is 174 Å². The predicted octanol–water partition coefficient (Wildman–Crippen LogP) is 0.204. The van der Waals surface area contributed by atoms with E-state index >= 15 is 0 Å². The minimum Gasteiger partial charge on any atom is -0.439 e. The summed E-state index contributed by atoms with van der Waals surface area (Å²) in [5.41, 5.74) is 17.4. The van der Waals surface area contributed by atoms with Gasteiger partial charge in [0.05, 0.1) is 12.5 Å². The summed E-state index contributed by atoms with van der Waals surface area (Å²) in [5, 5.41) is 1.62. The van der Waals surface area contributed by atoms with Crippen molar-refractivity contribution >= 4 is 42.1 Å². The van der Waals surface area contributed by atoms with Gasteiger partial charge < -0.3 is 21.9 Å². The highest BCUT2D eigenvalue weighted by molar-refractivity contribution is 6.00. The summed E-state index contributed by atoms with van der Waals surface area (Å²) in [6, 6.07) is 8.02. The first kappa shape index (κ1) is 27.9. The molecule has 1 aliphatic rings. The average molecular weight is 483 g/mol. The fourth-order valence-corrected chi connectivity index (χ4v) is 3.24. The lowest BCUT2D eigenvalue weighted by Crippen LogP contribution is -2.67. The van der Waals surface area contributed by atoms with Crippen LogP contribution in [0.1, 0.15) is 44.6 Å². The number of hydrazine groups is 1. The number of imide groups is 1. The van der Waals surface area contributed by atoms with Crippen LogP contribution >= 0.6 is 12.4 Å². The van der Waals surface area contributed by atoms with Crippen molar-refractivity contribution in [2.45, 2.75) is 57.7 Å². The van der Waals surface area contributed by atoms with Gasteiger partial charge in [0.1, 0.15) is 0 Å². The molecule has 1 aromatic carbocycles. The van der Waals surface area contributed by atoms with E-state index in [0.29, 0.717) is 25.8 Å². The molecule has 0 radical (unpaired) electrons. The number of nitrogens with two attached hydrogens (primary N) is 3. The van der Waals surface area contributed by atoms with Crippen LogP contribution in [0.4, 0.5) is 0 Å². The summed E-state index contributed by atoms with van der Waals surface area (Å²) in [5.74, 6) is -2.45. The number of unbranched alkanes of at least 4 members (excludes halogenated alkanes) is 2. The molecule has 33 heavy (non-hydrogen) atoms. The number of guanidine groups is 1. The molecule has 0 saturated carbocycles. The van der Waals surface area contributed by atoms with Crippen LogP contribution < -0.4 is 17.2 Å². The second kappa shape index (κ2) is 13.4. The number of nitrogens with zero attached hydrogens (tertiary/aromatic N) is 3. The van der Waals surface area contributed by atoms with Crippen molar-refractivity contribution in [3.63, 3.8) is 0 Å². The molecule has 2 rings (SSSR count). The Hall–Kier alpha value is -3.18. The molecule has 1 aromatic rings. The lowest BCUT2D eigenvalue weighted by Gasteiger charge is -2.44. The molecular weight excluding hydrogens is 452 g/mol. The number of halogens is 1. The number of benzene rings is 1. The first-order valence-corrected chi connectivity index (χ1v) is 10.4. The summed E-state index contributed by atoms with van der Waals surface area (Å²) in [4.78, 5) is 53.5. The summed E-state index contributed by atoms with van der Waals surface area (Å²) >= 11 is 0. The molecule has 1 saturated heterocycles. The SMILES string of the molecule is CC(=O)OC1CC(=O)N1N(C(=O)CCCCCN=C(N)N)C(=O)C(N)Cc1ccccc1.Cl. The fraction of sp³-hybridized carbons (Fsp3) is 0.476. The van der Waals surface area contributed by atoms with Crippen molar-refractivity contribution < 1.29 is 23.9 Å². The molecule has 1 fully saturated rings. The molecule has 2 unspecified atom stereocenters. The molecule has 1 aliphatic heterocycles. The number of aliphatic imine (C=N–C) groups is 1. The van der Waals surface area contributed by atoms with Gasteiger partial charge in [0.2, 0.25) is 12.1 Å². The molecule has 1 heterocycles. The number of ether oxygens (including phenoxy) is 1. The van der Waals surface area contributed by atoms with Crippen LogP contribution in [0.15, 0.2) is 35.3 Å². The third-order valence-corrected chi connectivity index (χ3v) is 4.80. The van der Waals surface area contributed by atoms with Gasteiger partial charge in [0.25, 0.3) is 11.8 Å². The van der Waals surface area contributed by atoms with Crippen molar-refractivity contribution in [1.82, 2.24) is 10.0 Å². The zero-order chi connectivity index (χ0) is 23.7. The maximum atomic E-state index is 13.1. The van der Waals surface area contributed by atoms with Gasteiger partial charge in [-0.05, 0) is 24.8 Å². The van der Waals surface area contributed by atoms with Crippen LogP contribution in [0.3, 0.4) is 0 Å². The Balaban J connectivity index is 0.00000544. The largest absolute Gasteiger partial charge is 0.439 e. The quantitative estimate of drug-likeness (QED) is 0.132. The van der Waals surface area contributed by atoms with Crippen LogP contribution in [-0.4, -0.2) is 58.5 Å². The molecule has 0 bridgehead atoms. The molecule has 11 nitrogen and oxygen atoms in total. The summed E-state index contributed by atoms with van der Waals surface area (Å²) in [7, 11) is 0. The van der Waals surface area contributed by atoms with Crippen molar-refractivity contribution in [2.24, 2.45) is 22.2 Å². The highest BCUT2D eigenvalue weighted by Gasteiger charge is 2.47. The summed E-state index contributed by atoms with van der Waals surface area (Å²) < 4.78 is 5.07. The standard InChI is InChI=1S/C21H30N6O5.ClH/c1-14(28)32-19-13-18(30)26(19)27(17(29)10-6-3-7-11-25-21(23)24)20(31)16(22)12-15-8-4-2-5-9-15;/h2,4-5,8-9,16,19H,3,6-7,10-13,22H2,1H3,(H4,23,24,25);1H. The molecule has 6 N–H and O–H groups in total. The summed E-state index contributed by atoms with van der Waals surface area (Å²) in [6.07, 6.45) is 0.816. The summed E-state index contributed by atoms with van der Waals surface area (Å²) in [6.45, 7) is 1.62. The number of carbonyl (C=O) groups is 4. The van der Waals surface area contributed by atoms with Crippen molar-refractivity contribution in [1.29, 1.82) is 0 Å². The maximum Gasteiger partial charge on any atom is 0.304 e. The number of esters is 1. The van der Waals surface area contributed by atoms with Crippen molar-refractivity contribution in [3.05, 3.63) is 35.9 Å². The van der Waals surface area contributed by atoms with Crippen LogP contribution in [0.2, 0.25) is 0 Å².